The lowest BCUT2D eigenvalue weighted by atomic mass is 9.98. The summed E-state index contributed by atoms with van der Waals surface area (Å²) in [7, 11) is 1.76. The van der Waals surface area contributed by atoms with Gasteiger partial charge in [-0.3, -0.25) is 0 Å². The third kappa shape index (κ3) is 3.55. The second kappa shape index (κ2) is 6.32. The Kier molecular flexibility index (Phi) is 4.75. The Hall–Kier alpha value is -0.900. The summed E-state index contributed by atoms with van der Waals surface area (Å²) in [6, 6.07) is 11.0. The number of rotatable bonds is 4. The summed E-state index contributed by atoms with van der Waals surface area (Å²) < 4.78 is 0. The van der Waals surface area contributed by atoms with Crippen LogP contribution in [-0.4, -0.2) is 47.9 Å². The molecule has 0 aromatic heterocycles. The largest absolute Gasteiger partial charge is 0.314 e. The van der Waals surface area contributed by atoms with Gasteiger partial charge in [0.2, 0.25) is 0 Å². The molecule has 0 radical (unpaired) electrons. The van der Waals surface area contributed by atoms with Gasteiger partial charge in [-0.05, 0) is 37.4 Å². The van der Waals surface area contributed by atoms with Crippen LogP contribution in [0.2, 0.25) is 0 Å². The van der Waals surface area contributed by atoms with Gasteiger partial charge >= 0.3 is 0 Å². The van der Waals surface area contributed by atoms with Crippen LogP contribution < -0.4 is 0 Å². The van der Waals surface area contributed by atoms with E-state index in [0.29, 0.717) is 12.0 Å². The standard InChI is InChI=1S/C15H24N2O/c1-13(14-6-4-3-5-7-14)12-17-10-8-15(9-11-17)16(2)18/h3-7,13,15,18H,8-12H2,1-2H3. The molecule has 0 amide bonds. The molecular formula is C15H24N2O. The van der Waals surface area contributed by atoms with Crippen molar-refractivity contribution in [1.29, 1.82) is 0 Å². The second-order valence-electron chi connectivity index (χ2n) is 5.42. The highest BCUT2D eigenvalue weighted by Crippen LogP contribution is 2.20. The molecule has 0 aliphatic carbocycles. The van der Waals surface area contributed by atoms with Crippen LogP contribution in [0.25, 0.3) is 0 Å². The van der Waals surface area contributed by atoms with Crippen LogP contribution in [0.5, 0.6) is 0 Å². The minimum atomic E-state index is 0.341. The maximum Gasteiger partial charge on any atom is 0.0371 e. The first kappa shape index (κ1) is 13.5. The molecule has 3 heteroatoms. The number of piperidine rings is 1. The Bertz CT molecular complexity index is 345. The van der Waals surface area contributed by atoms with Crippen LogP contribution in [0.15, 0.2) is 30.3 Å². The van der Waals surface area contributed by atoms with Gasteiger partial charge in [-0.15, -0.1) is 0 Å². The number of hydroxylamine groups is 2. The zero-order valence-electron chi connectivity index (χ0n) is 11.4. The highest BCUT2D eigenvalue weighted by atomic mass is 16.5. The summed E-state index contributed by atoms with van der Waals surface area (Å²) in [5.41, 5.74) is 1.42. The summed E-state index contributed by atoms with van der Waals surface area (Å²) in [6.45, 7) is 5.59. The van der Waals surface area contributed by atoms with Gasteiger partial charge in [-0.2, -0.15) is 5.06 Å². The molecule has 100 valence electrons. The van der Waals surface area contributed by atoms with Gasteiger partial charge in [0, 0.05) is 19.6 Å². The normalized spacial score (nSPS) is 20.2. The van der Waals surface area contributed by atoms with Crippen LogP contribution in [0.4, 0.5) is 0 Å². The van der Waals surface area contributed by atoms with Gasteiger partial charge < -0.3 is 10.1 Å². The van der Waals surface area contributed by atoms with Gasteiger partial charge in [0.25, 0.3) is 0 Å². The molecule has 2 rings (SSSR count). The average Bonchev–Trinajstić information content (AvgIpc) is 2.40. The summed E-state index contributed by atoms with van der Waals surface area (Å²) in [6.07, 6.45) is 2.13. The first-order chi connectivity index (χ1) is 8.66. The molecule has 1 saturated heterocycles. The summed E-state index contributed by atoms with van der Waals surface area (Å²) in [5.74, 6) is 0.578. The molecular weight excluding hydrogens is 224 g/mol. The topological polar surface area (TPSA) is 26.7 Å². The van der Waals surface area contributed by atoms with Crippen LogP contribution in [0.1, 0.15) is 31.2 Å². The molecule has 1 unspecified atom stereocenters. The van der Waals surface area contributed by atoms with Crippen molar-refractivity contribution < 1.29 is 5.21 Å². The molecule has 1 aliphatic heterocycles. The third-order valence-corrected chi connectivity index (χ3v) is 3.99. The molecule has 3 nitrogen and oxygen atoms in total. The molecule has 0 saturated carbocycles. The van der Waals surface area contributed by atoms with E-state index >= 15 is 0 Å². The Morgan fingerprint density at radius 3 is 2.44 bits per heavy atom. The molecule has 1 fully saturated rings. The third-order valence-electron chi connectivity index (χ3n) is 3.99. The smallest absolute Gasteiger partial charge is 0.0371 e. The van der Waals surface area contributed by atoms with E-state index in [1.807, 2.05) is 0 Å². The van der Waals surface area contributed by atoms with Crippen molar-refractivity contribution in [3.8, 4) is 0 Å². The van der Waals surface area contributed by atoms with Crippen molar-refractivity contribution >= 4 is 0 Å². The van der Waals surface area contributed by atoms with Gasteiger partial charge in [-0.1, -0.05) is 37.3 Å². The van der Waals surface area contributed by atoms with Gasteiger partial charge in [0.05, 0.1) is 0 Å². The van der Waals surface area contributed by atoms with E-state index in [2.05, 4.69) is 42.2 Å². The molecule has 1 aliphatic rings. The van der Waals surface area contributed by atoms with Crippen LogP contribution >= 0.6 is 0 Å². The van der Waals surface area contributed by atoms with E-state index < -0.39 is 0 Å². The molecule has 1 aromatic rings. The molecule has 1 atom stereocenters. The number of nitrogens with zero attached hydrogens (tertiary/aromatic N) is 2. The van der Waals surface area contributed by atoms with Crippen molar-refractivity contribution in [3.63, 3.8) is 0 Å². The average molecular weight is 248 g/mol. The first-order valence-electron chi connectivity index (χ1n) is 6.86. The van der Waals surface area contributed by atoms with Crippen molar-refractivity contribution in [1.82, 2.24) is 9.96 Å². The second-order valence-corrected chi connectivity index (χ2v) is 5.42. The Morgan fingerprint density at radius 1 is 1.28 bits per heavy atom. The summed E-state index contributed by atoms with van der Waals surface area (Å²) in [5, 5.41) is 10.8. The first-order valence-corrected chi connectivity index (χ1v) is 6.86. The van der Waals surface area contributed by atoms with Gasteiger partial charge in [-0.25, -0.2) is 0 Å². The monoisotopic (exact) mass is 248 g/mol. The predicted molar refractivity (Wildman–Crippen MR) is 73.9 cm³/mol. The zero-order valence-corrected chi connectivity index (χ0v) is 11.4. The molecule has 0 spiro atoms. The highest BCUT2D eigenvalue weighted by Gasteiger charge is 2.22. The van der Waals surface area contributed by atoms with Crippen LogP contribution in [0.3, 0.4) is 0 Å². The van der Waals surface area contributed by atoms with Crippen molar-refractivity contribution in [2.75, 3.05) is 26.7 Å². The van der Waals surface area contributed by atoms with Gasteiger partial charge in [0.15, 0.2) is 0 Å². The van der Waals surface area contributed by atoms with E-state index in [4.69, 9.17) is 0 Å². The molecule has 18 heavy (non-hydrogen) atoms. The molecule has 1 N–H and O–H groups in total. The Labute approximate surface area is 110 Å². The van der Waals surface area contributed by atoms with E-state index in [0.717, 1.165) is 32.5 Å². The van der Waals surface area contributed by atoms with Crippen molar-refractivity contribution in [3.05, 3.63) is 35.9 Å². The van der Waals surface area contributed by atoms with Gasteiger partial charge in [0.1, 0.15) is 0 Å². The number of likely N-dealkylation sites (tertiary alicyclic amines) is 1. The maximum absolute atomic E-state index is 9.44. The fraction of sp³-hybridized carbons (Fsp3) is 0.600. The van der Waals surface area contributed by atoms with E-state index in [9.17, 15) is 5.21 Å². The van der Waals surface area contributed by atoms with Crippen LogP contribution in [-0.2, 0) is 0 Å². The quantitative estimate of drug-likeness (QED) is 0.830. The molecule has 0 bridgehead atoms. The lowest BCUT2D eigenvalue weighted by Crippen LogP contribution is -2.43. The van der Waals surface area contributed by atoms with Crippen LogP contribution in [0, 0.1) is 0 Å². The zero-order chi connectivity index (χ0) is 13.0. The molecule has 1 heterocycles. The SMILES string of the molecule is CC(CN1CCC(N(C)O)CC1)c1ccccc1. The fourth-order valence-corrected chi connectivity index (χ4v) is 2.75. The summed E-state index contributed by atoms with van der Waals surface area (Å²) in [4.78, 5) is 2.51. The number of hydrogen-bond acceptors (Lipinski definition) is 3. The lowest BCUT2D eigenvalue weighted by Gasteiger charge is -2.35. The molecule has 1 aromatic carbocycles. The van der Waals surface area contributed by atoms with Crippen molar-refractivity contribution in [2.24, 2.45) is 0 Å². The number of hydrogen-bond donors (Lipinski definition) is 1. The van der Waals surface area contributed by atoms with E-state index in [1.165, 1.54) is 10.6 Å². The predicted octanol–water partition coefficient (Wildman–Crippen LogP) is 2.58. The Balaban J connectivity index is 1.81. The minimum Gasteiger partial charge on any atom is -0.314 e. The summed E-state index contributed by atoms with van der Waals surface area (Å²) >= 11 is 0. The number of benzene rings is 1. The minimum absolute atomic E-state index is 0.341. The Morgan fingerprint density at radius 2 is 1.89 bits per heavy atom. The highest BCUT2D eigenvalue weighted by molar-refractivity contribution is 5.19. The lowest BCUT2D eigenvalue weighted by molar-refractivity contribution is -0.116. The van der Waals surface area contributed by atoms with E-state index in [-0.39, 0.29) is 0 Å². The fourth-order valence-electron chi connectivity index (χ4n) is 2.75. The van der Waals surface area contributed by atoms with E-state index in [1.54, 1.807) is 7.05 Å². The maximum atomic E-state index is 9.44. The van der Waals surface area contributed by atoms with Crippen molar-refractivity contribution in [2.45, 2.75) is 31.7 Å².